The first kappa shape index (κ1) is 28.0. The number of likely N-dealkylation sites (N-methyl/N-ethyl adjacent to an activating group) is 1. The lowest BCUT2D eigenvalue weighted by molar-refractivity contribution is -0.170. The minimum absolute atomic E-state index is 0.0691. The molecule has 2 atom stereocenters. The fourth-order valence-electron chi connectivity index (χ4n) is 3.96. The number of fused-ring (bicyclic) bond motifs is 1. The number of carbonyl (C=O) groups excluding carboxylic acids is 1. The van der Waals surface area contributed by atoms with Crippen molar-refractivity contribution in [3.8, 4) is 0 Å². The monoisotopic (exact) mass is 504 g/mol. The third kappa shape index (κ3) is 6.89. The second-order valence-electron chi connectivity index (χ2n) is 8.52. The van der Waals surface area contributed by atoms with Gasteiger partial charge in [-0.15, -0.1) is 0 Å². The number of likely N-dealkylation sites (tertiary alicyclic amines) is 1. The third-order valence-electron chi connectivity index (χ3n) is 5.94. The number of aromatic nitrogens is 3. The van der Waals surface area contributed by atoms with Crippen LogP contribution in [0.1, 0.15) is 26.2 Å². The van der Waals surface area contributed by atoms with E-state index in [1.165, 1.54) is 0 Å². The quantitative estimate of drug-likeness (QED) is 0.309. The number of rotatable bonds is 8. The van der Waals surface area contributed by atoms with Crippen LogP contribution in [0.5, 0.6) is 0 Å². The Bertz CT molecular complexity index is 1140. The summed E-state index contributed by atoms with van der Waals surface area (Å²) in [6.07, 6.45) is 2.05. The number of aliphatic carboxylic acids is 3. The molecule has 3 rings (SSSR count). The van der Waals surface area contributed by atoms with Crippen LogP contribution in [0.3, 0.4) is 0 Å². The smallest absolute Gasteiger partial charge is 0.336 e. The van der Waals surface area contributed by atoms with Crippen molar-refractivity contribution in [2.75, 3.05) is 31.6 Å². The van der Waals surface area contributed by atoms with E-state index in [4.69, 9.17) is 27.0 Å². The lowest BCUT2D eigenvalue weighted by atomic mass is 9.92. The van der Waals surface area contributed by atoms with Crippen molar-refractivity contribution in [3.63, 3.8) is 0 Å². The van der Waals surface area contributed by atoms with E-state index in [0.717, 1.165) is 29.8 Å². The minimum atomic E-state index is -2.74. The first-order valence-corrected chi connectivity index (χ1v) is 10.9. The molecule has 1 saturated heterocycles. The largest absolute Gasteiger partial charge is 0.481 e. The van der Waals surface area contributed by atoms with Gasteiger partial charge in [0.2, 0.25) is 0 Å². The molecule has 3 heterocycles. The number of carbonyl (C=O) groups is 4. The maximum absolute atomic E-state index is 12.0. The summed E-state index contributed by atoms with van der Waals surface area (Å²) >= 11 is 0. The average Bonchev–Trinajstić information content (AvgIpc) is 3.27. The van der Waals surface area contributed by atoms with E-state index >= 15 is 0 Å². The number of H-pyrrole nitrogens is 1. The van der Waals surface area contributed by atoms with Gasteiger partial charge in [0.1, 0.15) is 17.8 Å². The number of hydrogen-bond donors (Lipinski definition) is 5. The van der Waals surface area contributed by atoms with Crippen LogP contribution < -0.4 is 4.90 Å². The van der Waals surface area contributed by atoms with Crippen molar-refractivity contribution in [1.29, 1.82) is 0 Å². The molecule has 0 unspecified atom stereocenters. The number of aromatic amines is 1. The van der Waals surface area contributed by atoms with Gasteiger partial charge in [-0.25, -0.2) is 21.3 Å². The molecular formula is C22H28N6O8. The number of carboxylic acids is 3. The summed E-state index contributed by atoms with van der Waals surface area (Å²) in [5.41, 5.74) is -1.93. The van der Waals surface area contributed by atoms with Crippen molar-refractivity contribution in [2.24, 2.45) is 5.92 Å². The van der Waals surface area contributed by atoms with Gasteiger partial charge in [0.05, 0.1) is 24.3 Å². The maximum atomic E-state index is 12.0. The molecule has 1 amide bonds. The molecule has 0 radical (unpaired) electrons. The summed E-state index contributed by atoms with van der Waals surface area (Å²) in [6, 6.07) is 2.14. The van der Waals surface area contributed by atoms with Crippen LogP contribution in [0, 0.1) is 12.5 Å². The van der Waals surface area contributed by atoms with E-state index in [9.17, 15) is 19.2 Å². The summed E-state index contributed by atoms with van der Waals surface area (Å²) < 4.78 is 0. The van der Waals surface area contributed by atoms with Crippen LogP contribution in [-0.2, 0) is 19.2 Å². The zero-order valence-electron chi connectivity index (χ0n) is 19.8. The average molecular weight is 505 g/mol. The summed E-state index contributed by atoms with van der Waals surface area (Å²) in [4.78, 5) is 61.4. The molecule has 5 N–H and O–H groups in total. The van der Waals surface area contributed by atoms with E-state index in [1.54, 1.807) is 11.2 Å². The highest BCUT2D eigenvalue weighted by molar-refractivity contribution is 5.88. The van der Waals surface area contributed by atoms with Crippen LogP contribution in [0.2, 0.25) is 0 Å². The number of carboxylic acid groups (broad SMARTS) is 3. The second-order valence-corrected chi connectivity index (χ2v) is 8.52. The van der Waals surface area contributed by atoms with Gasteiger partial charge in [-0.05, 0) is 18.4 Å². The van der Waals surface area contributed by atoms with E-state index in [1.807, 2.05) is 19.3 Å². The first-order chi connectivity index (χ1) is 16.9. The van der Waals surface area contributed by atoms with Crippen LogP contribution >= 0.6 is 0 Å². The Morgan fingerprint density at radius 3 is 2.42 bits per heavy atom. The summed E-state index contributed by atoms with van der Waals surface area (Å²) in [5, 5.41) is 34.8. The van der Waals surface area contributed by atoms with E-state index < -0.39 is 36.4 Å². The highest BCUT2D eigenvalue weighted by atomic mass is 16.4. The van der Waals surface area contributed by atoms with Gasteiger partial charge in [-0.1, -0.05) is 6.92 Å². The molecule has 2 aromatic heterocycles. The van der Waals surface area contributed by atoms with Crippen LogP contribution in [-0.4, -0.2) is 102 Å². The number of piperidine rings is 1. The summed E-state index contributed by atoms with van der Waals surface area (Å²) in [7, 11) is 2.01. The summed E-state index contributed by atoms with van der Waals surface area (Å²) in [5.74, 6) is -3.79. The molecule has 1 fully saturated rings. The highest BCUT2D eigenvalue weighted by Crippen LogP contribution is 2.28. The molecular weight excluding hydrogens is 476 g/mol. The van der Waals surface area contributed by atoms with Gasteiger partial charge in [0.25, 0.3) is 6.54 Å². The fourth-order valence-corrected chi connectivity index (χ4v) is 3.96. The molecule has 0 saturated carbocycles. The van der Waals surface area contributed by atoms with Gasteiger partial charge in [-0.2, -0.15) is 0 Å². The predicted molar refractivity (Wildman–Crippen MR) is 125 cm³/mol. The summed E-state index contributed by atoms with van der Waals surface area (Å²) in [6.45, 7) is 10.4. The van der Waals surface area contributed by atoms with Crippen molar-refractivity contribution in [3.05, 3.63) is 30.0 Å². The van der Waals surface area contributed by atoms with Crippen molar-refractivity contribution in [1.82, 2.24) is 19.9 Å². The zero-order chi connectivity index (χ0) is 27.0. The molecule has 1 aliphatic rings. The topological polar surface area (TPSA) is 202 Å². The maximum Gasteiger partial charge on any atom is 0.336 e. The Morgan fingerprint density at radius 2 is 1.86 bits per heavy atom. The molecule has 194 valence electrons. The molecule has 2 aromatic rings. The Balaban J connectivity index is 0.000000302. The van der Waals surface area contributed by atoms with E-state index in [0.29, 0.717) is 12.5 Å². The molecule has 0 aliphatic carbocycles. The van der Waals surface area contributed by atoms with Gasteiger partial charge in [0.15, 0.2) is 5.60 Å². The number of nitrogens with zero attached hydrogens (tertiary/aromatic N) is 5. The SMILES string of the molecule is O=C(O)CC(O)(CC(=O)O)C(=O)O.[C-]#[N+]CC(=O)N1CC[C@@H](C)[C@@H](N(C)c2ncnc3[nH]ccc23)C1. The van der Waals surface area contributed by atoms with Gasteiger partial charge >= 0.3 is 23.8 Å². The third-order valence-corrected chi connectivity index (χ3v) is 5.94. The van der Waals surface area contributed by atoms with Crippen molar-refractivity contribution >= 4 is 40.7 Å². The molecule has 0 spiro atoms. The van der Waals surface area contributed by atoms with Crippen molar-refractivity contribution < 1.29 is 39.6 Å². The lowest BCUT2D eigenvalue weighted by Crippen LogP contribution is -2.53. The van der Waals surface area contributed by atoms with Crippen LogP contribution in [0.15, 0.2) is 18.6 Å². The normalized spacial score (nSPS) is 17.4. The molecule has 0 aromatic carbocycles. The van der Waals surface area contributed by atoms with E-state index in [-0.39, 0.29) is 18.5 Å². The first-order valence-electron chi connectivity index (χ1n) is 10.9. The Kier molecular flexibility index (Phi) is 9.28. The van der Waals surface area contributed by atoms with Crippen LogP contribution in [0.25, 0.3) is 15.9 Å². The standard InChI is InChI=1S/C16H20N6O.C6H8O7/c1-11-5-7-22(14(23)8-17-2)9-13(11)21(3)16-12-4-6-18-15(12)19-10-20-16;7-3(8)1-6(13,5(11)12)2-4(9)10/h4,6,10-11,13H,5,7-9H2,1,3H3,(H,18,19,20);13H,1-2H2,(H,7,8)(H,9,10)(H,11,12)/t11-,13+;/m1./s1. The number of amides is 1. The predicted octanol–water partition coefficient (Wildman–Crippen LogP) is 0.302. The molecule has 0 bridgehead atoms. The highest BCUT2D eigenvalue weighted by Gasteiger charge is 2.40. The van der Waals surface area contributed by atoms with Gasteiger partial charge < -0.3 is 40.1 Å². The van der Waals surface area contributed by atoms with E-state index in [2.05, 4.69) is 31.6 Å². The van der Waals surface area contributed by atoms with Crippen LogP contribution in [0.4, 0.5) is 5.82 Å². The Morgan fingerprint density at radius 1 is 1.22 bits per heavy atom. The molecule has 1 aliphatic heterocycles. The molecule has 14 nitrogen and oxygen atoms in total. The number of hydrogen-bond acceptors (Lipinski definition) is 8. The number of anilines is 1. The minimum Gasteiger partial charge on any atom is -0.481 e. The Hall–Kier alpha value is -4.25. The van der Waals surface area contributed by atoms with Gasteiger partial charge in [-0.3, -0.25) is 14.4 Å². The van der Waals surface area contributed by atoms with Crippen molar-refractivity contribution in [2.45, 2.75) is 37.8 Å². The lowest BCUT2D eigenvalue weighted by Gasteiger charge is -2.41. The second kappa shape index (κ2) is 11.9. The fraction of sp³-hybridized carbons (Fsp3) is 0.500. The Labute approximate surface area is 206 Å². The molecule has 36 heavy (non-hydrogen) atoms. The van der Waals surface area contributed by atoms with Gasteiger partial charge in [0, 0.05) is 26.3 Å². The molecule has 14 heteroatoms. The number of aliphatic hydroxyl groups is 1. The number of nitrogens with one attached hydrogen (secondary N) is 1. The zero-order valence-corrected chi connectivity index (χ0v) is 19.8.